The average molecular weight is 383 g/mol. The summed E-state index contributed by atoms with van der Waals surface area (Å²) in [5.74, 6) is -2.54. The predicted octanol–water partition coefficient (Wildman–Crippen LogP) is 3.71. The number of carbonyl (C=O) groups is 2. The third-order valence-corrected chi connectivity index (χ3v) is 3.53. The summed E-state index contributed by atoms with van der Waals surface area (Å²) in [7, 11) is 0. The second kappa shape index (κ2) is 8.21. The maximum atomic E-state index is 13.3. The zero-order valence-electron chi connectivity index (χ0n) is 14.7. The average Bonchev–Trinajstić information content (AvgIpc) is 2.65. The smallest absolute Gasteiger partial charge is 0.274 e. The number of nitrogens with one attached hydrogen (secondary N) is 3. The minimum absolute atomic E-state index is 0.0280. The highest BCUT2D eigenvalue weighted by molar-refractivity contribution is 6.03. The zero-order chi connectivity index (χ0) is 20.1. The first-order valence-electron chi connectivity index (χ1n) is 8.14. The van der Waals surface area contributed by atoms with Gasteiger partial charge in [-0.3, -0.25) is 9.59 Å². The standard InChI is InChI=1S/C19H15F2N5O2/c1-11(27)24-12-3-2-4-13(7-12)25-18-9-17(22-10-23-18)19(28)26-14-5-6-15(20)16(21)8-14/h2-10H,1H3,(H,24,27)(H,26,28)(H,22,23,25). The normalized spacial score (nSPS) is 10.2. The van der Waals surface area contributed by atoms with Crippen molar-refractivity contribution in [1.29, 1.82) is 0 Å². The van der Waals surface area contributed by atoms with Crippen molar-refractivity contribution in [1.82, 2.24) is 9.97 Å². The van der Waals surface area contributed by atoms with E-state index in [-0.39, 0.29) is 17.3 Å². The molecule has 2 amide bonds. The first-order chi connectivity index (χ1) is 13.4. The first-order valence-corrected chi connectivity index (χ1v) is 8.14. The van der Waals surface area contributed by atoms with Crippen LogP contribution in [0.5, 0.6) is 0 Å². The first kappa shape index (κ1) is 18.9. The van der Waals surface area contributed by atoms with Crippen molar-refractivity contribution >= 4 is 34.7 Å². The van der Waals surface area contributed by atoms with Crippen molar-refractivity contribution in [3.8, 4) is 0 Å². The molecule has 142 valence electrons. The zero-order valence-corrected chi connectivity index (χ0v) is 14.7. The van der Waals surface area contributed by atoms with E-state index in [1.54, 1.807) is 24.3 Å². The van der Waals surface area contributed by atoms with Crippen molar-refractivity contribution < 1.29 is 18.4 Å². The van der Waals surface area contributed by atoms with Gasteiger partial charge in [0.2, 0.25) is 5.91 Å². The van der Waals surface area contributed by atoms with Crippen LogP contribution in [0.2, 0.25) is 0 Å². The molecule has 0 bridgehead atoms. The van der Waals surface area contributed by atoms with Crippen LogP contribution < -0.4 is 16.0 Å². The molecule has 0 aliphatic rings. The lowest BCUT2D eigenvalue weighted by Crippen LogP contribution is -2.14. The summed E-state index contributed by atoms with van der Waals surface area (Å²) >= 11 is 0. The summed E-state index contributed by atoms with van der Waals surface area (Å²) in [4.78, 5) is 31.4. The third-order valence-electron chi connectivity index (χ3n) is 3.53. The summed E-state index contributed by atoms with van der Waals surface area (Å²) in [5.41, 5.74) is 1.36. The molecule has 0 saturated heterocycles. The maximum absolute atomic E-state index is 13.3. The van der Waals surface area contributed by atoms with Crippen molar-refractivity contribution in [2.45, 2.75) is 6.92 Å². The molecule has 0 aliphatic carbocycles. The molecule has 28 heavy (non-hydrogen) atoms. The highest BCUT2D eigenvalue weighted by Crippen LogP contribution is 2.20. The Labute approximate surface area is 158 Å². The van der Waals surface area contributed by atoms with Crippen LogP contribution in [-0.4, -0.2) is 21.8 Å². The minimum atomic E-state index is -1.07. The van der Waals surface area contributed by atoms with Crippen LogP contribution in [0, 0.1) is 11.6 Å². The SMILES string of the molecule is CC(=O)Nc1cccc(Nc2cc(C(=O)Nc3ccc(F)c(F)c3)ncn2)c1. The minimum Gasteiger partial charge on any atom is -0.340 e. The number of amides is 2. The predicted molar refractivity (Wildman–Crippen MR) is 100 cm³/mol. The summed E-state index contributed by atoms with van der Waals surface area (Å²) in [6.07, 6.45) is 1.19. The number of hydrogen-bond donors (Lipinski definition) is 3. The van der Waals surface area contributed by atoms with Crippen molar-refractivity contribution in [3.05, 3.63) is 72.2 Å². The number of anilines is 4. The molecule has 0 atom stereocenters. The Kier molecular flexibility index (Phi) is 5.54. The molecule has 2 aromatic carbocycles. The van der Waals surface area contributed by atoms with E-state index < -0.39 is 17.5 Å². The van der Waals surface area contributed by atoms with E-state index in [1.807, 2.05) is 0 Å². The molecule has 0 saturated carbocycles. The van der Waals surface area contributed by atoms with Gasteiger partial charge >= 0.3 is 0 Å². The van der Waals surface area contributed by atoms with Crippen LogP contribution in [0.15, 0.2) is 54.9 Å². The van der Waals surface area contributed by atoms with Gasteiger partial charge in [-0.05, 0) is 30.3 Å². The number of rotatable bonds is 5. The van der Waals surface area contributed by atoms with Crippen LogP contribution in [-0.2, 0) is 4.79 Å². The van der Waals surface area contributed by atoms with Gasteiger partial charge in [0.15, 0.2) is 11.6 Å². The summed E-state index contributed by atoms with van der Waals surface area (Å²) in [6.45, 7) is 1.41. The van der Waals surface area contributed by atoms with E-state index in [9.17, 15) is 18.4 Å². The van der Waals surface area contributed by atoms with E-state index in [0.29, 0.717) is 17.2 Å². The van der Waals surface area contributed by atoms with Crippen LogP contribution in [0.4, 0.5) is 31.7 Å². The fraction of sp³-hybridized carbons (Fsp3) is 0.0526. The van der Waals surface area contributed by atoms with Crippen LogP contribution >= 0.6 is 0 Å². The van der Waals surface area contributed by atoms with Gasteiger partial charge in [0.25, 0.3) is 5.91 Å². The number of benzene rings is 2. The molecule has 3 N–H and O–H groups in total. The van der Waals surface area contributed by atoms with Gasteiger partial charge < -0.3 is 16.0 Å². The second-order valence-corrected chi connectivity index (χ2v) is 5.76. The van der Waals surface area contributed by atoms with E-state index >= 15 is 0 Å². The number of carbonyl (C=O) groups excluding carboxylic acids is 2. The molecule has 0 radical (unpaired) electrons. The molecule has 9 heteroatoms. The maximum Gasteiger partial charge on any atom is 0.274 e. The van der Waals surface area contributed by atoms with Crippen molar-refractivity contribution in [2.75, 3.05) is 16.0 Å². The highest BCUT2D eigenvalue weighted by Gasteiger charge is 2.11. The van der Waals surface area contributed by atoms with E-state index in [1.165, 1.54) is 25.4 Å². The van der Waals surface area contributed by atoms with E-state index in [0.717, 1.165) is 12.1 Å². The molecule has 0 aliphatic heterocycles. The Morgan fingerprint density at radius 1 is 0.857 bits per heavy atom. The van der Waals surface area contributed by atoms with Crippen LogP contribution in [0.25, 0.3) is 0 Å². The van der Waals surface area contributed by atoms with E-state index in [2.05, 4.69) is 25.9 Å². The quantitative estimate of drug-likeness (QED) is 0.624. The topological polar surface area (TPSA) is 96.0 Å². The summed E-state index contributed by atoms with van der Waals surface area (Å²) in [5, 5.41) is 8.10. The number of halogens is 2. The number of nitrogens with zero attached hydrogens (tertiary/aromatic N) is 2. The molecule has 1 aromatic heterocycles. The number of aromatic nitrogens is 2. The number of hydrogen-bond acceptors (Lipinski definition) is 5. The molecule has 0 spiro atoms. The molecule has 1 heterocycles. The lowest BCUT2D eigenvalue weighted by Gasteiger charge is -2.09. The van der Waals surface area contributed by atoms with Gasteiger partial charge in [-0.15, -0.1) is 0 Å². The lowest BCUT2D eigenvalue weighted by atomic mass is 10.2. The summed E-state index contributed by atoms with van der Waals surface area (Å²) in [6, 6.07) is 11.4. The Morgan fingerprint density at radius 3 is 2.36 bits per heavy atom. The molecular formula is C19H15F2N5O2. The van der Waals surface area contributed by atoms with Gasteiger partial charge in [0.05, 0.1) is 0 Å². The molecule has 3 aromatic rings. The van der Waals surface area contributed by atoms with Gasteiger partial charge in [-0.2, -0.15) is 0 Å². The molecule has 0 fully saturated rings. The highest BCUT2D eigenvalue weighted by atomic mass is 19.2. The molecular weight excluding hydrogens is 368 g/mol. The molecule has 3 rings (SSSR count). The Balaban J connectivity index is 1.73. The fourth-order valence-corrected chi connectivity index (χ4v) is 2.34. The van der Waals surface area contributed by atoms with Crippen LogP contribution in [0.1, 0.15) is 17.4 Å². The Morgan fingerprint density at radius 2 is 1.61 bits per heavy atom. The molecule has 0 unspecified atom stereocenters. The van der Waals surface area contributed by atoms with Crippen molar-refractivity contribution in [3.63, 3.8) is 0 Å². The van der Waals surface area contributed by atoms with Gasteiger partial charge in [0.1, 0.15) is 17.8 Å². The van der Waals surface area contributed by atoms with Gasteiger partial charge in [-0.25, -0.2) is 18.7 Å². The van der Waals surface area contributed by atoms with Crippen LogP contribution in [0.3, 0.4) is 0 Å². The monoisotopic (exact) mass is 383 g/mol. The fourth-order valence-electron chi connectivity index (χ4n) is 2.34. The van der Waals surface area contributed by atoms with Gasteiger partial charge in [-0.1, -0.05) is 6.07 Å². The lowest BCUT2D eigenvalue weighted by molar-refractivity contribution is -0.114. The second-order valence-electron chi connectivity index (χ2n) is 5.76. The van der Waals surface area contributed by atoms with Gasteiger partial charge in [0, 0.05) is 36.1 Å². The van der Waals surface area contributed by atoms with Crippen molar-refractivity contribution in [2.24, 2.45) is 0 Å². The Hall–Kier alpha value is -3.88. The third kappa shape index (κ3) is 4.85. The largest absolute Gasteiger partial charge is 0.340 e. The Bertz CT molecular complexity index is 1040. The van der Waals surface area contributed by atoms with E-state index in [4.69, 9.17) is 0 Å². The molecule has 7 nitrogen and oxygen atoms in total. The summed E-state index contributed by atoms with van der Waals surface area (Å²) < 4.78 is 26.2.